The second-order valence-corrected chi connectivity index (χ2v) is 9.62. The van der Waals surface area contributed by atoms with E-state index in [4.69, 9.17) is 9.47 Å². The molecule has 0 bridgehead atoms. The Hall–Kier alpha value is -2.91. The number of hydrogen-bond acceptors (Lipinski definition) is 3. The van der Waals surface area contributed by atoms with E-state index in [1.165, 1.54) is 50.5 Å². The minimum atomic E-state index is -0.350. The molecule has 192 valence electrons. The first-order valence-electron chi connectivity index (χ1n) is 13.7. The van der Waals surface area contributed by atoms with E-state index >= 15 is 0 Å². The van der Waals surface area contributed by atoms with E-state index < -0.39 is 0 Å². The number of ether oxygens (including phenoxy) is 2. The quantitative estimate of drug-likeness (QED) is 0.122. The monoisotopic (exact) mass is 486 g/mol. The predicted octanol–water partition coefficient (Wildman–Crippen LogP) is 9.35. The highest BCUT2D eigenvalue weighted by atomic mass is 16.5. The number of benzene rings is 3. The Morgan fingerprint density at radius 3 is 1.89 bits per heavy atom. The van der Waals surface area contributed by atoms with Crippen molar-refractivity contribution in [1.82, 2.24) is 0 Å². The van der Waals surface area contributed by atoms with E-state index in [1.807, 2.05) is 48.5 Å². The molecule has 36 heavy (non-hydrogen) atoms. The number of aryl methyl sites for hydroxylation is 1. The van der Waals surface area contributed by atoms with Gasteiger partial charge >= 0.3 is 5.97 Å². The third-order valence-corrected chi connectivity index (χ3v) is 6.65. The molecule has 3 heteroatoms. The van der Waals surface area contributed by atoms with E-state index in [0.29, 0.717) is 11.3 Å². The molecule has 0 aromatic heterocycles. The number of esters is 1. The Balaban J connectivity index is 1.49. The minimum absolute atomic E-state index is 0.0269. The molecule has 0 N–H and O–H groups in total. The maximum atomic E-state index is 12.7. The molecule has 3 aromatic rings. The van der Waals surface area contributed by atoms with Crippen LogP contribution in [-0.2, 0) is 11.2 Å². The SMILES string of the molecule is CCCCCCOC(C)c1ccc(OC(=O)c2ccc(-c3ccc(CCCCCC)cc3)cc2)cc1. The van der Waals surface area contributed by atoms with Crippen LogP contribution in [0.15, 0.2) is 72.8 Å². The van der Waals surface area contributed by atoms with Crippen molar-refractivity contribution in [3.8, 4) is 16.9 Å². The fourth-order valence-corrected chi connectivity index (χ4v) is 4.28. The number of hydrogen-bond donors (Lipinski definition) is 0. The lowest BCUT2D eigenvalue weighted by molar-refractivity contribution is 0.0627. The Kier molecular flexibility index (Phi) is 11.7. The van der Waals surface area contributed by atoms with Crippen LogP contribution in [0.25, 0.3) is 11.1 Å². The van der Waals surface area contributed by atoms with Crippen molar-refractivity contribution in [2.75, 3.05) is 6.61 Å². The van der Waals surface area contributed by atoms with Crippen LogP contribution in [0.2, 0.25) is 0 Å². The summed E-state index contributed by atoms with van der Waals surface area (Å²) in [6.07, 6.45) is 11.1. The van der Waals surface area contributed by atoms with E-state index in [9.17, 15) is 4.79 Å². The van der Waals surface area contributed by atoms with Gasteiger partial charge in [0.25, 0.3) is 0 Å². The van der Waals surface area contributed by atoms with Gasteiger partial charge in [0, 0.05) is 6.61 Å². The molecule has 1 atom stereocenters. The Labute approximate surface area is 217 Å². The van der Waals surface area contributed by atoms with Gasteiger partial charge in [0.05, 0.1) is 11.7 Å². The molecule has 3 aromatic carbocycles. The standard InChI is InChI=1S/C33H42O3/c1-4-6-8-10-12-27-13-15-29(16-14-27)30-17-19-31(20-18-30)33(34)36-32-23-21-28(22-24-32)26(3)35-25-11-9-7-5-2/h13-24,26H,4-12,25H2,1-3H3. The fourth-order valence-electron chi connectivity index (χ4n) is 4.28. The number of carbonyl (C=O) groups excluding carboxylic acids is 1. The van der Waals surface area contributed by atoms with Gasteiger partial charge in [-0.05, 0) is 72.7 Å². The molecule has 0 aliphatic rings. The third-order valence-electron chi connectivity index (χ3n) is 6.65. The van der Waals surface area contributed by atoms with E-state index in [1.54, 1.807) is 0 Å². The average Bonchev–Trinajstić information content (AvgIpc) is 2.92. The summed E-state index contributed by atoms with van der Waals surface area (Å²) in [6, 6.07) is 24.0. The van der Waals surface area contributed by atoms with Gasteiger partial charge < -0.3 is 9.47 Å². The Bertz CT molecular complexity index is 1020. The van der Waals surface area contributed by atoms with Crippen molar-refractivity contribution in [1.29, 1.82) is 0 Å². The lowest BCUT2D eigenvalue weighted by Crippen LogP contribution is -2.08. The van der Waals surface area contributed by atoms with Crippen molar-refractivity contribution >= 4 is 5.97 Å². The molecule has 0 aliphatic heterocycles. The zero-order valence-corrected chi connectivity index (χ0v) is 22.3. The van der Waals surface area contributed by atoms with Crippen LogP contribution in [0, 0.1) is 0 Å². The van der Waals surface area contributed by atoms with Crippen LogP contribution in [0.5, 0.6) is 5.75 Å². The summed E-state index contributed by atoms with van der Waals surface area (Å²) in [6.45, 7) is 7.29. The van der Waals surface area contributed by atoms with Crippen molar-refractivity contribution in [3.05, 3.63) is 89.5 Å². The van der Waals surface area contributed by atoms with Gasteiger partial charge in [-0.25, -0.2) is 4.79 Å². The van der Waals surface area contributed by atoms with Crippen molar-refractivity contribution < 1.29 is 14.3 Å². The average molecular weight is 487 g/mol. The van der Waals surface area contributed by atoms with E-state index in [2.05, 4.69) is 45.0 Å². The zero-order chi connectivity index (χ0) is 25.6. The summed E-state index contributed by atoms with van der Waals surface area (Å²) >= 11 is 0. The topological polar surface area (TPSA) is 35.5 Å². The largest absolute Gasteiger partial charge is 0.423 e. The molecule has 0 heterocycles. The van der Waals surface area contributed by atoms with Gasteiger partial charge in [-0.2, -0.15) is 0 Å². The summed E-state index contributed by atoms with van der Waals surface area (Å²) < 4.78 is 11.5. The summed E-state index contributed by atoms with van der Waals surface area (Å²) in [5.74, 6) is 0.189. The molecule has 0 saturated heterocycles. The van der Waals surface area contributed by atoms with Crippen LogP contribution >= 0.6 is 0 Å². The highest BCUT2D eigenvalue weighted by molar-refractivity contribution is 5.91. The lowest BCUT2D eigenvalue weighted by atomic mass is 10.0. The molecule has 0 spiro atoms. The fraction of sp³-hybridized carbons (Fsp3) is 0.424. The Morgan fingerprint density at radius 1 is 0.694 bits per heavy atom. The van der Waals surface area contributed by atoms with Gasteiger partial charge in [-0.3, -0.25) is 0 Å². The smallest absolute Gasteiger partial charge is 0.343 e. The first-order chi connectivity index (χ1) is 17.6. The van der Waals surface area contributed by atoms with Gasteiger partial charge in [0.1, 0.15) is 5.75 Å². The molecule has 0 aliphatic carbocycles. The summed E-state index contributed by atoms with van der Waals surface area (Å²) in [4.78, 5) is 12.7. The maximum Gasteiger partial charge on any atom is 0.343 e. The summed E-state index contributed by atoms with van der Waals surface area (Å²) in [5, 5.41) is 0. The van der Waals surface area contributed by atoms with Crippen molar-refractivity contribution in [2.45, 2.75) is 84.7 Å². The second kappa shape index (κ2) is 15.3. The molecule has 3 nitrogen and oxygen atoms in total. The molecule has 3 rings (SSSR count). The second-order valence-electron chi connectivity index (χ2n) is 9.62. The van der Waals surface area contributed by atoms with Crippen LogP contribution in [0.1, 0.15) is 99.7 Å². The third kappa shape index (κ3) is 8.95. The molecule has 0 amide bonds. The highest BCUT2D eigenvalue weighted by Crippen LogP contribution is 2.24. The van der Waals surface area contributed by atoms with Crippen LogP contribution in [-0.4, -0.2) is 12.6 Å². The van der Waals surface area contributed by atoms with Crippen LogP contribution in [0.3, 0.4) is 0 Å². The molecular formula is C33H42O3. The summed E-state index contributed by atoms with van der Waals surface area (Å²) in [5.41, 5.74) is 5.26. The van der Waals surface area contributed by atoms with E-state index in [-0.39, 0.29) is 12.1 Å². The van der Waals surface area contributed by atoms with Gasteiger partial charge in [0.15, 0.2) is 0 Å². The number of carbonyl (C=O) groups is 1. The van der Waals surface area contributed by atoms with E-state index in [0.717, 1.165) is 36.1 Å². The molecule has 0 radical (unpaired) electrons. The highest BCUT2D eigenvalue weighted by Gasteiger charge is 2.11. The molecule has 0 fully saturated rings. The predicted molar refractivity (Wildman–Crippen MR) is 150 cm³/mol. The summed E-state index contributed by atoms with van der Waals surface area (Å²) in [7, 11) is 0. The van der Waals surface area contributed by atoms with Crippen molar-refractivity contribution in [3.63, 3.8) is 0 Å². The molecule has 1 unspecified atom stereocenters. The normalized spacial score (nSPS) is 11.9. The van der Waals surface area contributed by atoms with Gasteiger partial charge in [-0.15, -0.1) is 0 Å². The Morgan fingerprint density at radius 2 is 1.28 bits per heavy atom. The van der Waals surface area contributed by atoms with Crippen molar-refractivity contribution in [2.24, 2.45) is 0 Å². The molecule has 0 saturated carbocycles. The first-order valence-corrected chi connectivity index (χ1v) is 13.7. The number of unbranched alkanes of at least 4 members (excludes halogenated alkanes) is 6. The lowest BCUT2D eigenvalue weighted by Gasteiger charge is -2.14. The maximum absolute atomic E-state index is 12.7. The first kappa shape index (κ1) is 27.7. The van der Waals surface area contributed by atoms with Gasteiger partial charge in [0.2, 0.25) is 0 Å². The zero-order valence-electron chi connectivity index (χ0n) is 22.3. The minimum Gasteiger partial charge on any atom is -0.423 e. The number of rotatable bonds is 15. The van der Waals surface area contributed by atoms with Crippen LogP contribution < -0.4 is 4.74 Å². The molecular weight excluding hydrogens is 444 g/mol. The van der Waals surface area contributed by atoms with Gasteiger partial charge in [-0.1, -0.05) is 101 Å². The van der Waals surface area contributed by atoms with Crippen LogP contribution in [0.4, 0.5) is 0 Å².